The summed E-state index contributed by atoms with van der Waals surface area (Å²) in [6, 6.07) is 0. The van der Waals surface area contributed by atoms with Crippen molar-refractivity contribution in [3.63, 3.8) is 0 Å². The molecule has 180 valence electrons. The second kappa shape index (κ2) is 8.45. The van der Waals surface area contributed by atoms with E-state index in [9.17, 15) is 19.2 Å². The van der Waals surface area contributed by atoms with Gasteiger partial charge in [0.2, 0.25) is 0 Å². The van der Waals surface area contributed by atoms with Crippen LogP contribution in [0.25, 0.3) is 0 Å². The minimum atomic E-state index is -2.18. The van der Waals surface area contributed by atoms with Crippen LogP contribution in [0.15, 0.2) is 0 Å². The highest BCUT2D eigenvalue weighted by Crippen LogP contribution is 2.46. The largest absolute Gasteiger partial charge is 0.509 e. The van der Waals surface area contributed by atoms with Crippen LogP contribution in [0.5, 0.6) is 0 Å². The van der Waals surface area contributed by atoms with Gasteiger partial charge < -0.3 is 58.3 Å². The van der Waals surface area contributed by atoms with E-state index in [0.717, 1.165) is 0 Å². The number of carboxylic acid groups (broad SMARTS) is 4. The fourth-order valence-corrected chi connectivity index (χ4v) is 3.64. The monoisotopic (exact) mass is 468 g/mol. The Kier molecular flexibility index (Phi) is 6.23. The second-order valence-electron chi connectivity index (χ2n) is 7.27. The van der Waals surface area contributed by atoms with E-state index in [4.69, 9.17) is 39.4 Å². The summed E-state index contributed by atoms with van der Waals surface area (Å²) in [5.74, 6) is -6.82. The molecule has 2 spiro atoms. The van der Waals surface area contributed by atoms with Gasteiger partial charge in [0.1, 0.15) is 26.4 Å². The van der Waals surface area contributed by atoms with Gasteiger partial charge in [0.05, 0.1) is 0 Å². The van der Waals surface area contributed by atoms with Gasteiger partial charge >= 0.3 is 36.2 Å². The molecule has 2 heterocycles. The number of rotatable bonds is 4. The molecule has 0 amide bonds. The van der Waals surface area contributed by atoms with Gasteiger partial charge in [0.15, 0.2) is 11.6 Å². The van der Waals surface area contributed by atoms with Gasteiger partial charge in [0.25, 0.3) is 0 Å². The first kappa shape index (κ1) is 23.6. The normalized spacial score (nSPS) is 24.8. The van der Waals surface area contributed by atoms with Crippen molar-refractivity contribution in [3.05, 3.63) is 0 Å². The number of carbonyl (C=O) groups is 4. The van der Waals surface area contributed by atoms with Gasteiger partial charge in [-0.1, -0.05) is 0 Å². The summed E-state index contributed by atoms with van der Waals surface area (Å²) >= 11 is 0. The molecule has 0 bridgehead atoms. The average molecular weight is 468 g/mol. The second-order valence-corrected chi connectivity index (χ2v) is 7.27. The van der Waals surface area contributed by atoms with E-state index in [2.05, 4.69) is 18.9 Å². The lowest BCUT2D eigenvalue weighted by atomic mass is 9.87. The molecule has 16 heteroatoms. The molecular weight excluding hydrogens is 448 g/mol. The minimum absolute atomic E-state index is 0.149. The number of ether oxygens (including phenoxy) is 8. The third-order valence-electron chi connectivity index (χ3n) is 5.09. The van der Waals surface area contributed by atoms with Gasteiger partial charge in [-0.3, -0.25) is 0 Å². The lowest BCUT2D eigenvalue weighted by Gasteiger charge is -2.51. The number of hydrogen-bond acceptors (Lipinski definition) is 12. The Morgan fingerprint density at radius 2 is 0.719 bits per heavy atom. The van der Waals surface area contributed by atoms with E-state index in [-0.39, 0.29) is 25.7 Å². The SMILES string of the molecule is O=C(O)OC1(OC(=O)O)COC2(CCC3(CC2)OCC(OC(=O)O)(OC(=O)O)CO3)OC1. The Balaban J connectivity index is 1.59. The zero-order valence-corrected chi connectivity index (χ0v) is 16.3. The zero-order chi connectivity index (χ0) is 23.6. The van der Waals surface area contributed by atoms with Crippen LogP contribution in [0.1, 0.15) is 25.7 Å². The third kappa shape index (κ3) is 5.21. The Hall–Kier alpha value is -3.08. The quantitative estimate of drug-likeness (QED) is 0.336. The highest BCUT2D eigenvalue weighted by atomic mass is 16.9. The summed E-state index contributed by atoms with van der Waals surface area (Å²) in [6.07, 6.45) is -6.53. The molecule has 2 saturated heterocycles. The molecule has 4 N–H and O–H groups in total. The molecule has 0 unspecified atom stereocenters. The van der Waals surface area contributed by atoms with E-state index < -0.39 is 74.2 Å². The van der Waals surface area contributed by atoms with Crippen molar-refractivity contribution in [1.82, 2.24) is 0 Å². The van der Waals surface area contributed by atoms with Gasteiger partial charge in [-0.25, -0.2) is 19.2 Å². The van der Waals surface area contributed by atoms with Crippen LogP contribution in [-0.4, -0.2) is 94.6 Å². The summed E-state index contributed by atoms with van der Waals surface area (Å²) in [6.45, 7) is -2.21. The fourth-order valence-electron chi connectivity index (χ4n) is 3.64. The molecule has 32 heavy (non-hydrogen) atoms. The Morgan fingerprint density at radius 1 is 0.500 bits per heavy atom. The molecular formula is C16H20O16. The highest BCUT2D eigenvalue weighted by Gasteiger charge is 2.57. The van der Waals surface area contributed by atoms with Gasteiger partial charge in [-0.15, -0.1) is 0 Å². The van der Waals surface area contributed by atoms with Crippen molar-refractivity contribution in [3.8, 4) is 0 Å². The van der Waals surface area contributed by atoms with Crippen LogP contribution < -0.4 is 0 Å². The summed E-state index contributed by atoms with van der Waals surface area (Å²) in [5, 5.41) is 35.3. The topological polar surface area (TPSA) is 223 Å². The first-order valence-corrected chi connectivity index (χ1v) is 9.14. The predicted molar refractivity (Wildman–Crippen MR) is 89.6 cm³/mol. The molecule has 1 saturated carbocycles. The molecule has 0 radical (unpaired) electrons. The van der Waals surface area contributed by atoms with Gasteiger partial charge in [-0.2, -0.15) is 0 Å². The van der Waals surface area contributed by atoms with Crippen molar-refractivity contribution in [2.24, 2.45) is 0 Å². The lowest BCUT2D eigenvalue weighted by molar-refractivity contribution is -0.408. The molecule has 0 aromatic heterocycles. The van der Waals surface area contributed by atoms with Crippen LogP contribution in [0.3, 0.4) is 0 Å². The molecule has 0 aromatic rings. The molecule has 3 rings (SSSR count). The van der Waals surface area contributed by atoms with Crippen molar-refractivity contribution >= 4 is 24.6 Å². The van der Waals surface area contributed by atoms with Crippen LogP contribution in [0, 0.1) is 0 Å². The van der Waals surface area contributed by atoms with Crippen molar-refractivity contribution in [2.45, 2.75) is 48.8 Å². The van der Waals surface area contributed by atoms with Crippen molar-refractivity contribution in [2.75, 3.05) is 26.4 Å². The summed E-state index contributed by atoms with van der Waals surface area (Å²) in [5.41, 5.74) is 0. The van der Waals surface area contributed by atoms with Crippen LogP contribution in [-0.2, 0) is 37.9 Å². The van der Waals surface area contributed by atoms with Gasteiger partial charge in [-0.05, 0) is 0 Å². The Labute approximate surface area is 178 Å². The summed E-state index contributed by atoms with van der Waals surface area (Å²) in [4.78, 5) is 43.5. The highest BCUT2D eigenvalue weighted by molar-refractivity contribution is 5.61. The zero-order valence-electron chi connectivity index (χ0n) is 16.3. The number of hydrogen-bond donors (Lipinski definition) is 4. The minimum Gasteiger partial charge on any atom is -0.450 e. The maximum Gasteiger partial charge on any atom is 0.509 e. The molecule has 1 aliphatic carbocycles. The molecule has 2 aliphatic heterocycles. The van der Waals surface area contributed by atoms with Crippen LogP contribution >= 0.6 is 0 Å². The summed E-state index contributed by atoms with van der Waals surface area (Å²) < 4.78 is 40.4. The van der Waals surface area contributed by atoms with Crippen LogP contribution in [0.2, 0.25) is 0 Å². The Bertz CT molecular complexity index is 648. The smallest absolute Gasteiger partial charge is 0.450 e. The van der Waals surface area contributed by atoms with Crippen molar-refractivity contribution < 1.29 is 77.5 Å². The first-order valence-electron chi connectivity index (χ1n) is 9.14. The molecule has 0 atom stereocenters. The first-order chi connectivity index (χ1) is 14.9. The van der Waals surface area contributed by atoms with E-state index in [1.54, 1.807) is 0 Å². The average Bonchev–Trinajstić information content (AvgIpc) is 2.67. The van der Waals surface area contributed by atoms with Crippen LogP contribution in [0.4, 0.5) is 19.2 Å². The lowest BCUT2D eigenvalue weighted by Crippen LogP contribution is -2.62. The van der Waals surface area contributed by atoms with Gasteiger partial charge in [0, 0.05) is 25.7 Å². The molecule has 3 aliphatic rings. The molecule has 16 nitrogen and oxygen atoms in total. The molecule has 3 fully saturated rings. The Morgan fingerprint density at radius 3 is 0.906 bits per heavy atom. The fraction of sp³-hybridized carbons (Fsp3) is 0.750. The summed E-state index contributed by atoms with van der Waals surface area (Å²) in [7, 11) is 0. The van der Waals surface area contributed by atoms with E-state index in [1.807, 2.05) is 0 Å². The van der Waals surface area contributed by atoms with E-state index >= 15 is 0 Å². The maximum absolute atomic E-state index is 10.9. The van der Waals surface area contributed by atoms with E-state index in [0.29, 0.717) is 0 Å². The maximum atomic E-state index is 10.9. The third-order valence-corrected chi connectivity index (χ3v) is 5.09. The van der Waals surface area contributed by atoms with Crippen molar-refractivity contribution in [1.29, 1.82) is 0 Å². The standard InChI is InChI=1S/C16H20O16/c17-9(18)29-15(30-10(19)20)5-25-13(26-6-15)1-2-14(4-3-13)27-7-16(8-28-14,31-11(21)22)32-12(23)24/h1-8H2,(H,17,18)(H,19,20)(H,21,22)(H,23,24). The van der Waals surface area contributed by atoms with E-state index in [1.165, 1.54) is 0 Å². The predicted octanol–water partition coefficient (Wildman–Crippen LogP) is 1.22. The molecule has 0 aromatic carbocycles.